The number of rotatable bonds is 0. The summed E-state index contributed by atoms with van der Waals surface area (Å²) < 4.78 is 0. The number of fused-ring (bicyclic) bond motifs is 5. The van der Waals surface area contributed by atoms with E-state index in [9.17, 15) is 14.4 Å². The number of hydrogen-bond acceptors (Lipinski definition) is 3. The highest BCUT2D eigenvalue weighted by atomic mass is 16.2. The standard InChI is InChI=1S/C19H26O3/c1-18-9-7-13-11(12(18)5-6-16(18)22)10-15(21)17-14(20)4-3-8-19(13,17)2/h11-13,17H,3-10H2,1-2H3/t11-,12-,13-,17?,18-,19+/m0/s1. The fourth-order valence-corrected chi connectivity index (χ4v) is 6.76. The van der Waals surface area contributed by atoms with Gasteiger partial charge in [0.05, 0.1) is 5.92 Å². The molecule has 0 amide bonds. The van der Waals surface area contributed by atoms with Crippen molar-refractivity contribution in [2.45, 2.75) is 65.2 Å². The second-order valence-electron chi connectivity index (χ2n) is 8.72. The minimum atomic E-state index is -0.344. The van der Waals surface area contributed by atoms with Gasteiger partial charge in [-0.3, -0.25) is 14.4 Å². The third-order valence-corrected chi connectivity index (χ3v) is 7.87. The number of carbonyl (C=O) groups is 3. The van der Waals surface area contributed by atoms with Gasteiger partial charge in [-0.05, 0) is 55.3 Å². The van der Waals surface area contributed by atoms with Crippen LogP contribution in [0.2, 0.25) is 0 Å². The van der Waals surface area contributed by atoms with Crippen LogP contribution in [0.25, 0.3) is 0 Å². The van der Waals surface area contributed by atoms with Gasteiger partial charge in [-0.1, -0.05) is 13.8 Å². The van der Waals surface area contributed by atoms with Crippen LogP contribution in [-0.2, 0) is 14.4 Å². The fraction of sp³-hybridized carbons (Fsp3) is 0.842. The van der Waals surface area contributed by atoms with Crippen LogP contribution in [0.5, 0.6) is 0 Å². The van der Waals surface area contributed by atoms with Crippen molar-refractivity contribution < 1.29 is 14.4 Å². The van der Waals surface area contributed by atoms with Crippen molar-refractivity contribution >= 4 is 17.3 Å². The summed E-state index contributed by atoms with van der Waals surface area (Å²) in [4.78, 5) is 37.5. The topological polar surface area (TPSA) is 51.2 Å². The molecule has 0 aromatic carbocycles. The molecule has 22 heavy (non-hydrogen) atoms. The molecule has 4 aliphatic carbocycles. The first kappa shape index (κ1) is 14.6. The number of ketones is 3. The highest BCUT2D eigenvalue weighted by molar-refractivity contribution is 6.04. The second kappa shape index (κ2) is 4.52. The van der Waals surface area contributed by atoms with Gasteiger partial charge in [-0.25, -0.2) is 0 Å². The molecule has 0 aromatic rings. The Kier molecular flexibility index (Phi) is 3.00. The second-order valence-corrected chi connectivity index (χ2v) is 8.72. The van der Waals surface area contributed by atoms with Crippen molar-refractivity contribution in [3.05, 3.63) is 0 Å². The van der Waals surface area contributed by atoms with Crippen LogP contribution in [-0.4, -0.2) is 17.3 Å². The van der Waals surface area contributed by atoms with Gasteiger partial charge in [0.2, 0.25) is 0 Å². The normalized spacial score (nSPS) is 51.3. The lowest BCUT2D eigenvalue weighted by Crippen LogP contribution is -2.58. The number of Topliss-reactive ketones (excluding diaryl/α,β-unsaturated/α-hetero) is 3. The van der Waals surface area contributed by atoms with E-state index < -0.39 is 0 Å². The zero-order chi connectivity index (χ0) is 15.7. The van der Waals surface area contributed by atoms with Crippen molar-refractivity contribution in [3.8, 4) is 0 Å². The van der Waals surface area contributed by atoms with E-state index in [-0.39, 0.29) is 28.3 Å². The van der Waals surface area contributed by atoms with Gasteiger partial charge in [0.1, 0.15) is 17.3 Å². The molecular formula is C19H26O3. The molecule has 4 saturated carbocycles. The predicted octanol–water partition coefficient (Wildman–Crippen LogP) is 3.35. The lowest BCUT2D eigenvalue weighted by molar-refractivity contribution is -0.162. The summed E-state index contributed by atoms with van der Waals surface area (Å²) in [7, 11) is 0. The maximum absolute atomic E-state index is 12.8. The van der Waals surface area contributed by atoms with E-state index in [0.29, 0.717) is 42.8 Å². The van der Waals surface area contributed by atoms with Gasteiger partial charge >= 0.3 is 0 Å². The van der Waals surface area contributed by atoms with E-state index in [0.717, 1.165) is 32.1 Å². The Morgan fingerprint density at radius 3 is 2.45 bits per heavy atom. The molecule has 0 heterocycles. The third-order valence-electron chi connectivity index (χ3n) is 7.87. The average molecular weight is 302 g/mol. The molecule has 0 radical (unpaired) electrons. The van der Waals surface area contributed by atoms with Crippen molar-refractivity contribution in [2.75, 3.05) is 0 Å². The molecular weight excluding hydrogens is 276 g/mol. The van der Waals surface area contributed by atoms with E-state index >= 15 is 0 Å². The summed E-state index contributed by atoms with van der Waals surface area (Å²) in [5.74, 6) is 1.61. The smallest absolute Gasteiger partial charge is 0.144 e. The Hall–Kier alpha value is -0.990. The molecule has 6 atom stereocenters. The van der Waals surface area contributed by atoms with Crippen LogP contribution in [0.4, 0.5) is 0 Å². The molecule has 1 unspecified atom stereocenters. The van der Waals surface area contributed by atoms with Crippen LogP contribution in [0.15, 0.2) is 0 Å². The Bertz CT molecular complexity index is 565. The molecule has 0 spiro atoms. The van der Waals surface area contributed by atoms with Crippen LogP contribution < -0.4 is 0 Å². The molecule has 4 aliphatic rings. The zero-order valence-corrected chi connectivity index (χ0v) is 13.7. The van der Waals surface area contributed by atoms with Gasteiger partial charge in [0, 0.05) is 24.7 Å². The molecule has 4 fully saturated rings. The average Bonchev–Trinajstić information content (AvgIpc) is 2.75. The van der Waals surface area contributed by atoms with Gasteiger partial charge in [-0.2, -0.15) is 0 Å². The lowest BCUT2D eigenvalue weighted by Gasteiger charge is -2.58. The summed E-state index contributed by atoms with van der Waals surface area (Å²) in [5, 5.41) is 0. The molecule has 0 saturated heterocycles. The summed E-state index contributed by atoms with van der Waals surface area (Å²) in [6, 6.07) is 0. The Balaban J connectivity index is 1.74. The van der Waals surface area contributed by atoms with Crippen LogP contribution in [0, 0.1) is 34.5 Å². The minimum Gasteiger partial charge on any atom is -0.299 e. The Labute approximate surface area is 132 Å². The highest BCUT2D eigenvalue weighted by Crippen LogP contribution is 2.64. The molecule has 120 valence electrons. The Morgan fingerprint density at radius 2 is 1.68 bits per heavy atom. The molecule has 0 N–H and O–H groups in total. The van der Waals surface area contributed by atoms with Crippen molar-refractivity contribution in [3.63, 3.8) is 0 Å². The molecule has 4 rings (SSSR count). The first-order valence-electron chi connectivity index (χ1n) is 8.96. The van der Waals surface area contributed by atoms with Crippen LogP contribution in [0.3, 0.4) is 0 Å². The van der Waals surface area contributed by atoms with Crippen LogP contribution >= 0.6 is 0 Å². The van der Waals surface area contributed by atoms with Crippen molar-refractivity contribution in [1.82, 2.24) is 0 Å². The SMILES string of the molecule is C[C@]12CCCC(=O)C1C(=O)C[C@@H]1[C@@H]2CC[C@]2(C)C(=O)CC[C@@H]12. The fourth-order valence-electron chi connectivity index (χ4n) is 6.76. The monoisotopic (exact) mass is 302 g/mol. The van der Waals surface area contributed by atoms with E-state index in [1.807, 2.05) is 0 Å². The van der Waals surface area contributed by atoms with E-state index in [4.69, 9.17) is 0 Å². The molecule has 0 bridgehead atoms. The maximum Gasteiger partial charge on any atom is 0.144 e. The van der Waals surface area contributed by atoms with Gasteiger partial charge < -0.3 is 0 Å². The number of carbonyl (C=O) groups excluding carboxylic acids is 3. The summed E-state index contributed by atoms with van der Waals surface area (Å²) in [6.45, 7) is 4.33. The van der Waals surface area contributed by atoms with Crippen LogP contribution in [0.1, 0.15) is 65.2 Å². The van der Waals surface area contributed by atoms with Gasteiger partial charge in [0.25, 0.3) is 0 Å². The first-order valence-corrected chi connectivity index (χ1v) is 8.96. The first-order chi connectivity index (χ1) is 10.4. The van der Waals surface area contributed by atoms with E-state index in [1.165, 1.54) is 0 Å². The summed E-state index contributed by atoms with van der Waals surface area (Å²) >= 11 is 0. The minimum absolute atomic E-state index is 0.137. The van der Waals surface area contributed by atoms with Gasteiger partial charge in [-0.15, -0.1) is 0 Å². The largest absolute Gasteiger partial charge is 0.299 e. The van der Waals surface area contributed by atoms with E-state index in [1.54, 1.807) is 0 Å². The molecule has 0 aromatic heterocycles. The predicted molar refractivity (Wildman–Crippen MR) is 82.1 cm³/mol. The van der Waals surface area contributed by atoms with Gasteiger partial charge in [0.15, 0.2) is 0 Å². The molecule has 3 heteroatoms. The molecule has 0 aliphatic heterocycles. The van der Waals surface area contributed by atoms with E-state index in [2.05, 4.69) is 13.8 Å². The lowest BCUT2D eigenvalue weighted by atomic mass is 9.45. The summed E-state index contributed by atoms with van der Waals surface area (Å²) in [5.41, 5.74) is -0.328. The zero-order valence-electron chi connectivity index (χ0n) is 13.7. The van der Waals surface area contributed by atoms with Crippen molar-refractivity contribution in [1.29, 1.82) is 0 Å². The highest BCUT2D eigenvalue weighted by Gasteiger charge is 2.63. The molecule has 3 nitrogen and oxygen atoms in total. The van der Waals surface area contributed by atoms with Crippen molar-refractivity contribution in [2.24, 2.45) is 34.5 Å². The third kappa shape index (κ3) is 1.66. The number of hydrogen-bond donors (Lipinski definition) is 0. The Morgan fingerprint density at radius 1 is 0.909 bits per heavy atom. The summed E-state index contributed by atoms with van der Waals surface area (Å²) in [6.07, 6.45) is 6.71. The quantitative estimate of drug-likeness (QED) is 0.645. The maximum atomic E-state index is 12.8.